The molecule has 0 aliphatic carbocycles. The van der Waals surface area contributed by atoms with Crippen molar-refractivity contribution in [3.8, 4) is 0 Å². The third-order valence-electron chi connectivity index (χ3n) is 3.33. The molecule has 2 aromatic carbocycles. The molecule has 0 atom stereocenters. The molecule has 1 aliphatic rings. The van der Waals surface area contributed by atoms with Crippen molar-refractivity contribution >= 4 is 26.2 Å². The average molecular weight is 380 g/mol. The molecule has 3 heteroatoms. The summed E-state index contributed by atoms with van der Waals surface area (Å²) in [6, 6.07) is 16.3. The molecule has 1 aliphatic heterocycles. The standard InChI is InChI=1S/C17H17IO2/c1-17(2,3)12-8-10-13(11-9-12)18-15-7-5-4-6-14(15)16(19)20-18/h4-11H,1-3H3. The van der Waals surface area contributed by atoms with E-state index in [1.54, 1.807) is 0 Å². The minimum atomic E-state index is -2.02. The Bertz CT molecular complexity index is 653. The van der Waals surface area contributed by atoms with Crippen LogP contribution < -0.4 is 0 Å². The van der Waals surface area contributed by atoms with Gasteiger partial charge in [0.2, 0.25) is 0 Å². The summed E-state index contributed by atoms with van der Waals surface area (Å²) < 4.78 is 7.96. The molecule has 0 amide bonds. The van der Waals surface area contributed by atoms with Crippen LogP contribution in [-0.4, -0.2) is 5.97 Å². The van der Waals surface area contributed by atoms with E-state index in [4.69, 9.17) is 3.07 Å². The number of halogens is 1. The van der Waals surface area contributed by atoms with Gasteiger partial charge in [-0.15, -0.1) is 0 Å². The Morgan fingerprint density at radius 1 is 0.950 bits per heavy atom. The summed E-state index contributed by atoms with van der Waals surface area (Å²) in [7, 11) is 0. The summed E-state index contributed by atoms with van der Waals surface area (Å²) in [6.45, 7) is 6.60. The maximum atomic E-state index is 11.9. The second-order valence-electron chi connectivity index (χ2n) is 5.85. The van der Waals surface area contributed by atoms with Gasteiger partial charge in [-0.25, -0.2) is 0 Å². The van der Waals surface area contributed by atoms with Gasteiger partial charge < -0.3 is 0 Å². The molecule has 0 spiro atoms. The summed E-state index contributed by atoms with van der Waals surface area (Å²) in [6.07, 6.45) is 0. The van der Waals surface area contributed by atoms with Crippen molar-refractivity contribution in [3.05, 3.63) is 66.8 Å². The molecule has 3 rings (SSSR count). The SMILES string of the molecule is CC(C)(C)c1ccc(I2OC(=O)c3ccccc32)cc1. The van der Waals surface area contributed by atoms with Crippen molar-refractivity contribution in [2.75, 3.05) is 0 Å². The van der Waals surface area contributed by atoms with Crippen molar-refractivity contribution in [1.29, 1.82) is 0 Å². The topological polar surface area (TPSA) is 26.3 Å². The van der Waals surface area contributed by atoms with Crippen LogP contribution in [0, 0.1) is 7.14 Å². The maximum absolute atomic E-state index is 11.9. The molecule has 0 N–H and O–H groups in total. The number of benzene rings is 2. The Morgan fingerprint density at radius 2 is 1.60 bits per heavy atom. The fraction of sp³-hybridized carbons (Fsp3) is 0.235. The van der Waals surface area contributed by atoms with Crippen LogP contribution in [0.3, 0.4) is 0 Å². The summed E-state index contributed by atoms with van der Waals surface area (Å²) in [5.74, 6) is -0.161. The van der Waals surface area contributed by atoms with Crippen LogP contribution in [0.15, 0.2) is 48.5 Å². The number of rotatable bonds is 1. The van der Waals surface area contributed by atoms with E-state index in [1.807, 2.05) is 24.3 Å². The predicted octanol–water partition coefficient (Wildman–Crippen LogP) is 4.62. The van der Waals surface area contributed by atoms with E-state index in [-0.39, 0.29) is 11.4 Å². The van der Waals surface area contributed by atoms with Crippen LogP contribution in [-0.2, 0) is 8.48 Å². The van der Waals surface area contributed by atoms with E-state index in [0.29, 0.717) is 0 Å². The third-order valence-corrected chi connectivity index (χ3v) is 8.02. The quantitative estimate of drug-likeness (QED) is 0.676. The molecule has 20 heavy (non-hydrogen) atoms. The molecule has 0 fully saturated rings. The Hall–Kier alpha value is -1.36. The molecule has 0 radical (unpaired) electrons. The number of carbonyl (C=O) groups is 1. The molecule has 1 heterocycles. The normalized spacial score (nSPS) is 15.9. The first-order valence-electron chi connectivity index (χ1n) is 6.59. The summed E-state index contributed by atoms with van der Waals surface area (Å²) in [5.41, 5.74) is 2.19. The first-order valence-corrected chi connectivity index (χ1v) is 9.63. The van der Waals surface area contributed by atoms with Crippen LogP contribution in [0.1, 0.15) is 36.7 Å². The van der Waals surface area contributed by atoms with E-state index in [0.717, 1.165) is 9.13 Å². The first kappa shape index (κ1) is 13.6. The van der Waals surface area contributed by atoms with Gasteiger partial charge in [-0.1, -0.05) is 0 Å². The molecule has 0 aromatic heterocycles. The van der Waals surface area contributed by atoms with Crippen molar-refractivity contribution in [3.63, 3.8) is 0 Å². The number of carbonyl (C=O) groups excluding carboxylic acids is 1. The Labute approximate surface area is 127 Å². The molecular formula is C17H17IO2. The van der Waals surface area contributed by atoms with Crippen LogP contribution in [0.5, 0.6) is 0 Å². The van der Waals surface area contributed by atoms with Crippen molar-refractivity contribution < 1.29 is 7.86 Å². The van der Waals surface area contributed by atoms with E-state index in [1.165, 1.54) is 9.13 Å². The van der Waals surface area contributed by atoms with E-state index < -0.39 is 20.2 Å². The van der Waals surface area contributed by atoms with Crippen LogP contribution in [0.4, 0.5) is 0 Å². The van der Waals surface area contributed by atoms with E-state index in [9.17, 15) is 4.79 Å². The van der Waals surface area contributed by atoms with Gasteiger partial charge in [-0.05, 0) is 0 Å². The zero-order valence-electron chi connectivity index (χ0n) is 11.8. The fourth-order valence-corrected chi connectivity index (χ4v) is 6.43. The minimum absolute atomic E-state index is 0.145. The molecular weight excluding hydrogens is 363 g/mol. The molecule has 0 bridgehead atoms. The summed E-state index contributed by atoms with van der Waals surface area (Å²) in [4.78, 5) is 11.9. The summed E-state index contributed by atoms with van der Waals surface area (Å²) >= 11 is -2.02. The van der Waals surface area contributed by atoms with Gasteiger partial charge in [0.05, 0.1) is 0 Å². The van der Waals surface area contributed by atoms with Gasteiger partial charge in [-0.2, -0.15) is 0 Å². The van der Waals surface area contributed by atoms with Gasteiger partial charge in [0.25, 0.3) is 0 Å². The van der Waals surface area contributed by atoms with Crippen LogP contribution in [0.25, 0.3) is 0 Å². The average Bonchev–Trinajstić information content (AvgIpc) is 2.76. The Balaban J connectivity index is 1.97. The van der Waals surface area contributed by atoms with Gasteiger partial charge in [0.1, 0.15) is 0 Å². The Morgan fingerprint density at radius 3 is 2.25 bits per heavy atom. The second kappa shape index (κ2) is 4.88. The number of hydrogen-bond acceptors (Lipinski definition) is 2. The molecule has 104 valence electrons. The monoisotopic (exact) mass is 380 g/mol. The molecule has 0 saturated heterocycles. The molecule has 0 unspecified atom stereocenters. The van der Waals surface area contributed by atoms with Crippen molar-refractivity contribution in [2.45, 2.75) is 26.2 Å². The zero-order chi connectivity index (χ0) is 14.3. The van der Waals surface area contributed by atoms with Gasteiger partial charge in [0, 0.05) is 0 Å². The fourth-order valence-electron chi connectivity index (χ4n) is 2.16. The van der Waals surface area contributed by atoms with Gasteiger partial charge >= 0.3 is 127 Å². The number of hydrogen-bond donors (Lipinski definition) is 0. The van der Waals surface area contributed by atoms with Crippen molar-refractivity contribution in [1.82, 2.24) is 0 Å². The molecule has 2 nitrogen and oxygen atoms in total. The predicted molar refractivity (Wildman–Crippen MR) is 88.4 cm³/mol. The van der Waals surface area contributed by atoms with Crippen LogP contribution in [0.2, 0.25) is 0 Å². The van der Waals surface area contributed by atoms with E-state index in [2.05, 4.69) is 45.0 Å². The van der Waals surface area contributed by atoms with Gasteiger partial charge in [-0.3, -0.25) is 0 Å². The molecule has 0 saturated carbocycles. The Kier molecular flexibility index (Phi) is 3.32. The third kappa shape index (κ3) is 2.35. The first-order chi connectivity index (χ1) is 9.47. The summed E-state index contributed by atoms with van der Waals surface area (Å²) in [5, 5.41) is 0. The van der Waals surface area contributed by atoms with Crippen molar-refractivity contribution in [2.24, 2.45) is 0 Å². The second-order valence-corrected chi connectivity index (χ2v) is 10.1. The van der Waals surface area contributed by atoms with Gasteiger partial charge in [0.15, 0.2) is 0 Å². The van der Waals surface area contributed by atoms with Crippen LogP contribution >= 0.6 is 20.2 Å². The zero-order valence-corrected chi connectivity index (χ0v) is 14.0. The number of fused-ring (bicyclic) bond motifs is 1. The van der Waals surface area contributed by atoms with E-state index >= 15 is 0 Å². The molecule has 2 aromatic rings.